The maximum atomic E-state index is 12.5. The lowest BCUT2D eigenvalue weighted by Gasteiger charge is -2.16. The summed E-state index contributed by atoms with van der Waals surface area (Å²) in [4.78, 5) is 33.0. The number of rotatable bonds is 5. The van der Waals surface area contributed by atoms with Crippen molar-refractivity contribution in [3.63, 3.8) is 0 Å². The number of carboxylic acids is 1. The van der Waals surface area contributed by atoms with Crippen molar-refractivity contribution in [2.45, 2.75) is 18.2 Å². The Hall–Kier alpha value is -2.49. The molecule has 1 aliphatic rings. The number of benzene rings is 1. The van der Waals surface area contributed by atoms with Gasteiger partial charge in [0.15, 0.2) is 0 Å². The molecule has 1 amide bonds. The van der Waals surface area contributed by atoms with E-state index in [0.29, 0.717) is 4.31 Å². The fourth-order valence-corrected chi connectivity index (χ4v) is 4.01. The largest absolute Gasteiger partial charge is 0.481 e. The van der Waals surface area contributed by atoms with Gasteiger partial charge in [-0.2, -0.15) is 0 Å². The molecule has 2 atom stereocenters. The number of nitrogens with zero attached hydrogens (tertiary/aromatic N) is 2. The number of carboxylic acid groups (broad SMARTS) is 1. The number of carbonyl (C=O) groups is 2. The van der Waals surface area contributed by atoms with Crippen molar-refractivity contribution < 1.29 is 28.0 Å². The van der Waals surface area contributed by atoms with E-state index in [9.17, 15) is 28.1 Å². The van der Waals surface area contributed by atoms with E-state index in [1.807, 2.05) is 0 Å². The number of hydrogen-bond donors (Lipinski definition) is 1. The van der Waals surface area contributed by atoms with E-state index in [1.54, 1.807) is 6.92 Å². The molecule has 10 heteroatoms. The van der Waals surface area contributed by atoms with Crippen molar-refractivity contribution in [2.24, 2.45) is 11.8 Å². The Balaban J connectivity index is 2.38. The SMILES string of the molecule is CCC1C(=O)N(S(=O)(=O)c2ccc([N+](=O)[O-])cc2)CC1C(=O)O. The zero-order chi connectivity index (χ0) is 17.4. The zero-order valence-corrected chi connectivity index (χ0v) is 12.9. The fraction of sp³-hybridized carbons (Fsp3) is 0.385. The Bertz CT molecular complexity index is 757. The number of nitro groups is 1. The predicted molar refractivity (Wildman–Crippen MR) is 76.9 cm³/mol. The van der Waals surface area contributed by atoms with Gasteiger partial charge in [-0.1, -0.05) is 6.92 Å². The van der Waals surface area contributed by atoms with Crippen LogP contribution in [-0.4, -0.2) is 41.2 Å². The van der Waals surface area contributed by atoms with Crippen LogP contribution in [0.2, 0.25) is 0 Å². The minimum absolute atomic E-state index is 0.210. The smallest absolute Gasteiger partial charge is 0.309 e. The zero-order valence-electron chi connectivity index (χ0n) is 12.1. The first kappa shape index (κ1) is 16.9. The van der Waals surface area contributed by atoms with E-state index < -0.39 is 45.2 Å². The van der Waals surface area contributed by atoms with Crippen molar-refractivity contribution in [1.82, 2.24) is 4.31 Å². The number of hydrogen-bond acceptors (Lipinski definition) is 6. The van der Waals surface area contributed by atoms with Crippen LogP contribution in [0, 0.1) is 22.0 Å². The summed E-state index contributed by atoms with van der Waals surface area (Å²) < 4.78 is 25.5. The molecule has 124 valence electrons. The number of non-ortho nitro benzene ring substituents is 1. The van der Waals surface area contributed by atoms with Gasteiger partial charge in [-0.25, -0.2) is 12.7 Å². The third-order valence-electron chi connectivity index (χ3n) is 3.80. The van der Waals surface area contributed by atoms with E-state index in [0.717, 1.165) is 24.3 Å². The minimum Gasteiger partial charge on any atom is -0.481 e. The fourth-order valence-electron chi connectivity index (χ4n) is 2.55. The van der Waals surface area contributed by atoms with E-state index in [1.165, 1.54) is 0 Å². The Morgan fingerprint density at radius 1 is 1.39 bits per heavy atom. The molecule has 9 nitrogen and oxygen atoms in total. The highest BCUT2D eigenvalue weighted by Gasteiger charge is 2.48. The monoisotopic (exact) mass is 342 g/mol. The summed E-state index contributed by atoms with van der Waals surface area (Å²) in [5, 5.41) is 19.7. The van der Waals surface area contributed by atoms with Crippen molar-refractivity contribution in [3.05, 3.63) is 34.4 Å². The van der Waals surface area contributed by atoms with E-state index in [2.05, 4.69) is 0 Å². The number of amides is 1. The Kier molecular flexibility index (Phi) is 4.37. The first-order chi connectivity index (χ1) is 10.7. The molecule has 1 aliphatic heterocycles. The summed E-state index contributed by atoms with van der Waals surface area (Å²) in [5.41, 5.74) is -0.286. The molecule has 1 saturated heterocycles. The van der Waals surface area contributed by atoms with Crippen LogP contribution in [0.25, 0.3) is 0 Å². The Morgan fingerprint density at radius 3 is 2.35 bits per heavy atom. The van der Waals surface area contributed by atoms with Gasteiger partial charge in [-0.05, 0) is 18.6 Å². The molecule has 1 aromatic rings. The molecule has 0 bridgehead atoms. The highest BCUT2D eigenvalue weighted by molar-refractivity contribution is 7.89. The molecule has 1 N–H and O–H groups in total. The van der Waals surface area contributed by atoms with Gasteiger partial charge < -0.3 is 5.11 Å². The molecular formula is C13H14N2O7S. The highest BCUT2D eigenvalue weighted by atomic mass is 32.2. The lowest BCUT2D eigenvalue weighted by atomic mass is 9.93. The van der Waals surface area contributed by atoms with Crippen molar-refractivity contribution in [2.75, 3.05) is 6.54 Å². The summed E-state index contributed by atoms with van der Waals surface area (Å²) in [7, 11) is -4.24. The van der Waals surface area contributed by atoms with Crippen LogP contribution in [0.15, 0.2) is 29.2 Å². The average molecular weight is 342 g/mol. The third kappa shape index (κ3) is 2.89. The van der Waals surface area contributed by atoms with Crippen molar-refractivity contribution >= 4 is 27.6 Å². The maximum absolute atomic E-state index is 12.5. The van der Waals surface area contributed by atoms with Gasteiger partial charge >= 0.3 is 5.97 Å². The molecule has 1 heterocycles. The van der Waals surface area contributed by atoms with Gasteiger partial charge in [0.25, 0.3) is 15.7 Å². The van der Waals surface area contributed by atoms with E-state index >= 15 is 0 Å². The molecule has 1 fully saturated rings. The summed E-state index contributed by atoms with van der Waals surface area (Å²) in [5.74, 6) is -3.99. The number of aliphatic carboxylic acids is 1. The first-order valence-corrected chi connectivity index (χ1v) is 8.18. The van der Waals surface area contributed by atoms with Gasteiger partial charge in [0.2, 0.25) is 5.91 Å². The molecule has 0 radical (unpaired) electrons. The van der Waals surface area contributed by atoms with Crippen molar-refractivity contribution in [1.29, 1.82) is 0 Å². The van der Waals surface area contributed by atoms with Crippen LogP contribution in [-0.2, 0) is 19.6 Å². The van der Waals surface area contributed by atoms with Crippen LogP contribution >= 0.6 is 0 Å². The van der Waals surface area contributed by atoms with Gasteiger partial charge in [0.05, 0.1) is 28.2 Å². The molecule has 0 aliphatic carbocycles. The van der Waals surface area contributed by atoms with Crippen molar-refractivity contribution in [3.8, 4) is 0 Å². The second-order valence-corrected chi connectivity index (χ2v) is 6.95. The second-order valence-electron chi connectivity index (χ2n) is 5.08. The minimum atomic E-state index is -4.24. The van der Waals surface area contributed by atoms with E-state index in [-0.39, 0.29) is 17.0 Å². The molecule has 2 rings (SSSR count). The molecule has 0 spiro atoms. The van der Waals surface area contributed by atoms with Gasteiger partial charge in [-0.15, -0.1) is 0 Å². The van der Waals surface area contributed by atoms with Gasteiger partial charge in [0, 0.05) is 12.1 Å². The maximum Gasteiger partial charge on any atom is 0.309 e. The van der Waals surface area contributed by atoms with Crippen LogP contribution in [0.1, 0.15) is 13.3 Å². The second kappa shape index (κ2) is 5.95. The average Bonchev–Trinajstić information content (AvgIpc) is 2.84. The normalized spacial score (nSPS) is 21.4. The predicted octanol–water partition coefficient (Wildman–Crippen LogP) is 0.853. The van der Waals surface area contributed by atoms with Gasteiger partial charge in [0.1, 0.15) is 0 Å². The van der Waals surface area contributed by atoms with Crippen LogP contribution in [0.3, 0.4) is 0 Å². The highest BCUT2D eigenvalue weighted by Crippen LogP contribution is 2.32. The lowest BCUT2D eigenvalue weighted by Crippen LogP contribution is -2.33. The number of nitro benzene ring substituents is 1. The molecule has 23 heavy (non-hydrogen) atoms. The standard InChI is InChI=1S/C13H14N2O7S/c1-2-10-11(13(17)18)7-14(12(10)16)23(21,22)9-5-3-8(4-6-9)15(19)20/h3-6,10-11H,2,7H2,1H3,(H,17,18). The molecule has 0 aromatic heterocycles. The molecular weight excluding hydrogens is 328 g/mol. The summed E-state index contributed by atoms with van der Waals surface area (Å²) in [6.45, 7) is 1.17. The quantitative estimate of drug-likeness (QED) is 0.619. The van der Waals surface area contributed by atoms with Gasteiger partial charge in [-0.3, -0.25) is 19.7 Å². The third-order valence-corrected chi connectivity index (χ3v) is 5.58. The molecule has 0 saturated carbocycles. The van der Waals surface area contributed by atoms with Crippen LogP contribution < -0.4 is 0 Å². The number of carbonyl (C=O) groups excluding carboxylic acids is 1. The molecule has 2 unspecified atom stereocenters. The lowest BCUT2D eigenvalue weighted by molar-refractivity contribution is -0.384. The van der Waals surface area contributed by atoms with E-state index in [4.69, 9.17) is 5.11 Å². The number of sulfonamides is 1. The Morgan fingerprint density at radius 2 is 1.96 bits per heavy atom. The Labute approximate surface area is 131 Å². The van der Waals surface area contributed by atoms with Crippen LogP contribution in [0.5, 0.6) is 0 Å². The summed E-state index contributed by atoms with van der Waals surface area (Å²) in [6.07, 6.45) is 0.210. The summed E-state index contributed by atoms with van der Waals surface area (Å²) in [6, 6.07) is 4.07. The first-order valence-electron chi connectivity index (χ1n) is 6.74. The topological polar surface area (TPSA) is 135 Å². The molecule has 1 aromatic carbocycles. The summed E-state index contributed by atoms with van der Waals surface area (Å²) >= 11 is 0. The van der Waals surface area contributed by atoms with Crippen LogP contribution in [0.4, 0.5) is 5.69 Å².